The Morgan fingerprint density at radius 1 is 0.952 bits per heavy atom. The molecule has 0 heteroatoms. The van der Waals surface area contributed by atoms with Crippen molar-refractivity contribution in [2.24, 2.45) is 40.4 Å². The van der Waals surface area contributed by atoms with Gasteiger partial charge >= 0.3 is 0 Å². The van der Waals surface area contributed by atoms with E-state index in [0.717, 1.165) is 29.6 Å². The maximum atomic E-state index is 2.71. The van der Waals surface area contributed by atoms with E-state index in [4.69, 9.17) is 0 Å². The largest absolute Gasteiger partial charge is 0.0845 e. The number of fused-ring (bicyclic) bond motifs is 5. The minimum absolute atomic E-state index is 0.572. The van der Waals surface area contributed by atoms with Crippen LogP contribution < -0.4 is 0 Å². The first-order chi connectivity index (χ1) is 9.95. The lowest BCUT2D eigenvalue weighted by Gasteiger charge is -2.58. The fraction of sp³-hybridized carbons (Fsp3) is 0.905. The van der Waals surface area contributed by atoms with Crippen LogP contribution in [-0.4, -0.2) is 0 Å². The lowest BCUT2D eigenvalue weighted by atomic mass is 9.47. The monoisotopic (exact) mass is 286 g/mol. The maximum Gasteiger partial charge on any atom is -0.00851 e. The summed E-state index contributed by atoms with van der Waals surface area (Å²) in [5.74, 6) is 4.94. The molecule has 3 fully saturated rings. The summed E-state index contributed by atoms with van der Waals surface area (Å²) in [5.41, 5.74) is 3.10. The molecule has 6 unspecified atom stereocenters. The SMILES string of the molecule is CC1CCC2C3CC=C4C[C@@H](C)CCC4(C)C3CCC12C. The van der Waals surface area contributed by atoms with Gasteiger partial charge in [0, 0.05) is 0 Å². The molecule has 7 atom stereocenters. The Morgan fingerprint density at radius 2 is 1.76 bits per heavy atom. The Hall–Kier alpha value is -0.260. The van der Waals surface area contributed by atoms with Crippen molar-refractivity contribution >= 4 is 0 Å². The van der Waals surface area contributed by atoms with E-state index in [2.05, 4.69) is 33.8 Å². The molecule has 4 rings (SSSR count). The average Bonchev–Trinajstić information content (AvgIpc) is 2.76. The Kier molecular flexibility index (Phi) is 3.15. The summed E-state index contributed by atoms with van der Waals surface area (Å²) in [6.45, 7) is 10.3. The van der Waals surface area contributed by atoms with Gasteiger partial charge in [-0.15, -0.1) is 0 Å². The highest BCUT2D eigenvalue weighted by Gasteiger charge is 2.57. The van der Waals surface area contributed by atoms with E-state index >= 15 is 0 Å². The summed E-state index contributed by atoms with van der Waals surface area (Å²) >= 11 is 0. The lowest BCUT2D eigenvalue weighted by molar-refractivity contribution is -0.0411. The smallest absolute Gasteiger partial charge is 0.00851 e. The molecule has 0 nitrogen and oxygen atoms in total. The average molecular weight is 287 g/mol. The van der Waals surface area contributed by atoms with Crippen molar-refractivity contribution in [1.82, 2.24) is 0 Å². The van der Waals surface area contributed by atoms with Crippen LogP contribution in [0.3, 0.4) is 0 Å². The highest BCUT2D eigenvalue weighted by molar-refractivity contribution is 5.24. The summed E-state index contributed by atoms with van der Waals surface area (Å²) < 4.78 is 0. The van der Waals surface area contributed by atoms with Crippen LogP contribution in [0.4, 0.5) is 0 Å². The van der Waals surface area contributed by atoms with Crippen molar-refractivity contribution in [2.45, 2.75) is 79.1 Å². The first-order valence-corrected chi connectivity index (χ1v) is 9.64. The van der Waals surface area contributed by atoms with Crippen LogP contribution in [0.25, 0.3) is 0 Å². The Labute approximate surface area is 131 Å². The van der Waals surface area contributed by atoms with E-state index in [-0.39, 0.29) is 0 Å². The fourth-order valence-corrected chi connectivity index (χ4v) is 7.11. The Bertz CT molecular complexity index is 461. The van der Waals surface area contributed by atoms with Crippen LogP contribution in [0.1, 0.15) is 79.1 Å². The van der Waals surface area contributed by atoms with Crippen molar-refractivity contribution in [2.75, 3.05) is 0 Å². The fourth-order valence-electron chi connectivity index (χ4n) is 7.11. The van der Waals surface area contributed by atoms with Crippen molar-refractivity contribution in [3.8, 4) is 0 Å². The number of rotatable bonds is 0. The van der Waals surface area contributed by atoms with Gasteiger partial charge in [0.2, 0.25) is 0 Å². The lowest BCUT2D eigenvalue weighted by Crippen LogP contribution is -2.49. The van der Waals surface area contributed by atoms with Gasteiger partial charge in [-0.2, -0.15) is 0 Å². The molecular formula is C21H34. The van der Waals surface area contributed by atoms with Crippen LogP contribution in [0.5, 0.6) is 0 Å². The normalized spacial score (nSPS) is 56.2. The van der Waals surface area contributed by atoms with Crippen LogP contribution in [0, 0.1) is 40.4 Å². The van der Waals surface area contributed by atoms with Gasteiger partial charge in [-0.05, 0) is 91.8 Å². The predicted molar refractivity (Wildman–Crippen MR) is 90.0 cm³/mol. The minimum Gasteiger partial charge on any atom is -0.0845 e. The summed E-state index contributed by atoms with van der Waals surface area (Å²) in [5, 5.41) is 0. The van der Waals surface area contributed by atoms with E-state index in [0.29, 0.717) is 10.8 Å². The summed E-state index contributed by atoms with van der Waals surface area (Å²) in [4.78, 5) is 0. The topological polar surface area (TPSA) is 0 Å². The Balaban J connectivity index is 1.68. The molecule has 0 amide bonds. The summed E-state index contributed by atoms with van der Waals surface area (Å²) in [6.07, 6.45) is 14.5. The first-order valence-electron chi connectivity index (χ1n) is 9.64. The molecule has 0 saturated heterocycles. The molecule has 4 aliphatic carbocycles. The molecule has 0 aromatic carbocycles. The molecule has 0 heterocycles. The second kappa shape index (κ2) is 4.62. The summed E-state index contributed by atoms with van der Waals surface area (Å²) in [7, 11) is 0. The van der Waals surface area contributed by atoms with E-state index < -0.39 is 0 Å². The zero-order chi connectivity index (χ0) is 14.8. The van der Waals surface area contributed by atoms with Gasteiger partial charge in [-0.3, -0.25) is 0 Å². The van der Waals surface area contributed by atoms with Gasteiger partial charge in [0.25, 0.3) is 0 Å². The van der Waals surface area contributed by atoms with Crippen LogP contribution >= 0.6 is 0 Å². The highest BCUT2D eigenvalue weighted by atomic mass is 14.6. The van der Waals surface area contributed by atoms with E-state index in [1.165, 1.54) is 51.4 Å². The second-order valence-electron chi connectivity index (χ2n) is 9.63. The molecule has 21 heavy (non-hydrogen) atoms. The van der Waals surface area contributed by atoms with E-state index in [9.17, 15) is 0 Å². The maximum absolute atomic E-state index is 2.71. The number of hydrogen-bond acceptors (Lipinski definition) is 0. The second-order valence-corrected chi connectivity index (χ2v) is 9.63. The van der Waals surface area contributed by atoms with Crippen molar-refractivity contribution in [1.29, 1.82) is 0 Å². The van der Waals surface area contributed by atoms with Gasteiger partial charge in [0.05, 0.1) is 0 Å². The highest BCUT2D eigenvalue weighted by Crippen LogP contribution is 2.66. The van der Waals surface area contributed by atoms with Gasteiger partial charge in [-0.25, -0.2) is 0 Å². The van der Waals surface area contributed by atoms with Crippen molar-refractivity contribution in [3.63, 3.8) is 0 Å². The molecular weight excluding hydrogens is 252 g/mol. The predicted octanol–water partition coefficient (Wildman–Crippen LogP) is 6.22. The minimum atomic E-state index is 0.572. The van der Waals surface area contributed by atoms with E-state index in [1.807, 2.05) is 5.57 Å². The van der Waals surface area contributed by atoms with Gasteiger partial charge < -0.3 is 0 Å². The molecule has 0 spiro atoms. The third-order valence-electron chi connectivity index (χ3n) is 8.82. The molecule has 0 bridgehead atoms. The first kappa shape index (κ1) is 14.3. The molecule has 0 radical (unpaired) electrons. The third-order valence-corrected chi connectivity index (χ3v) is 8.82. The number of allylic oxidation sites excluding steroid dienone is 2. The third kappa shape index (κ3) is 1.86. The molecule has 118 valence electrons. The molecule has 0 N–H and O–H groups in total. The van der Waals surface area contributed by atoms with Crippen LogP contribution in [0.15, 0.2) is 11.6 Å². The zero-order valence-electron chi connectivity index (χ0n) is 14.6. The van der Waals surface area contributed by atoms with Gasteiger partial charge in [0.1, 0.15) is 0 Å². The molecule has 4 aliphatic rings. The zero-order valence-corrected chi connectivity index (χ0v) is 14.6. The van der Waals surface area contributed by atoms with Crippen molar-refractivity contribution in [3.05, 3.63) is 11.6 Å². The number of hydrogen-bond donors (Lipinski definition) is 0. The standard InChI is InChI=1S/C21H34/c1-14-9-11-21(4)16(13-14)6-7-17-18-8-5-15(2)20(18,3)12-10-19(17)21/h6,14-15,17-19H,5,7-13H2,1-4H3/t14-,15?,17?,18?,19?,20?,21?/m0/s1. The Morgan fingerprint density at radius 3 is 2.57 bits per heavy atom. The van der Waals surface area contributed by atoms with Crippen LogP contribution in [0.2, 0.25) is 0 Å². The molecule has 3 saturated carbocycles. The van der Waals surface area contributed by atoms with Gasteiger partial charge in [0.15, 0.2) is 0 Å². The van der Waals surface area contributed by atoms with Crippen molar-refractivity contribution < 1.29 is 0 Å². The molecule has 0 aromatic rings. The molecule has 0 aromatic heterocycles. The van der Waals surface area contributed by atoms with Gasteiger partial charge in [-0.1, -0.05) is 39.3 Å². The summed E-state index contributed by atoms with van der Waals surface area (Å²) in [6, 6.07) is 0. The molecule has 0 aliphatic heterocycles. The van der Waals surface area contributed by atoms with E-state index in [1.54, 1.807) is 0 Å². The quantitative estimate of drug-likeness (QED) is 0.464. The van der Waals surface area contributed by atoms with Crippen LogP contribution in [-0.2, 0) is 0 Å².